The molecule has 3 heterocycles. The summed E-state index contributed by atoms with van der Waals surface area (Å²) in [4.78, 5) is 29.2. The Hall–Kier alpha value is -1.77. The molecule has 0 spiro atoms. The van der Waals surface area contributed by atoms with Gasteiger partial charge in [0.25, 0.3) is 0 Å². The van der Waals surface area contributed by atoms with Crippen molar-refractivity contribution in [2.75, 3.05) is 26.2 Å². The van der Waals surface area contributed by atoms with Crippen LogP contribution in [-0.2, 0) is 24.2 Å². The number of carbonyl (C=O) groups is 2. The molecule has 7 nitrogen and oxygen atoms in total. The number of amides is 2. The van der Waals surface area contributed by atoms with Gasteiger partial charge in [-0.3, -0.25) is 9.59 Å². The van der Waals surface area contributed by atoms with Gasteiger partial charge in [0.2, 0.25) is 11.8 Å². The van der Waals surface area contributed by atoms with Crippen LogP contribution in [0.4, 0.5) is 0 Å². The van der Waals surface area contributed by atoms with Gasteiger partial charge in [-0.1, -0.05) is 21.9 Å². The van der Waals surface area contributed by atoms with Crippen LogP contribution in [0.25, 0.3) is 0 Å². The average molecular weight is 420 g/mol. The summed E-state index contributed by atoms with van der Waals surface area (Å²) in [6.45, 7) is 4.29. The standard InChI is InChI=1S/C21H29N3O4S/c1-16-6-8-18(9-7-16)29(27,28)24-13-2-4-19(24)21(26)22-14-10-17(11-15-22)23-12-3-5-20(23)25/h6-9,17,19H,2-5,10-15H2,1H3. The maximum atomic E-state index is 13.2. The summed E-state index contributed by atoms with van der Waals surface area (Å²) >= 11 is 0. The maximum Gasteiger partial charge on any atom is 0.244 e. The zero-order valence-corrected chi connectivity index (χ0v) is 17.7. The van der Waals surface area contributed by atoms with E-state index in [-0.39, 0.29) is 22.8 Å². The Labute approximate surface area is 173 Å². The molecule has 1 aromatic rings. The Bertz CT molecular complexity index is 820. The molecule has 0 aromatic heterocycles. The van der Waals surface area contributed by atoms with Crippen LogP contribution in [0.15, 0.2) is 29.2 Å². The molecule has 0 saturated carbocycles. The molecular weight excluding hydrogens is 390 g/mol. The molecule has 2 amide bonds. The highest BCUT2D eigenvalue weighted by Crippen LogP contribution is 2.32. The van der Waals surface area contributed by atoms with Crippen molar-refractivity contribution in [1.29, 1.82) is 0 Å². The Morgan fingerprint density at radius 1 is 1.03 bits per heavy atom. The second-order valence-electron chi connectivity index (χ2n) is 8.33. The number of benzene rings is 1. The predicted octanol–water partition coefficient (Wildman–Crippen LogP) is 1.98. The zero-order valence-electron chi connectivity index (χ0n) is 16.9. The predicted molar refractivity (Wildman–Crippen MR) is 109 cm³/mol. The molecule has 3 aliphatic rings. The maximum absolute atomic E-state index is 13.2. The van der Waals surface area contributed by atoms with Gasteiger partial charge in [-0.05, 0) is 51.2 Å². The molecule has 3 saturated heterocycles. The summed E-state index contributed by atoms with van der Waals surface area (Å²) < 4.78 is 27.6. The van der Waals surface area contributed by atoms with Crippen LogP contribution >= 0.6 is 0 Å². The van der Waals surface area contributed by atoms with E-state index in [0.29, 0.717) is 38.9 Å². The lowest BCUT2D eigenvalue weighted by molar-refractivity contribution is -0.137. The summed E-state index contributed by atoms with van der Waals surface area (Å²) in [5.41, 5.74) is 0.998. The summed E-state index contributed by atoms with van der Waals surface area (Å²) in [6.07, 6.45) is 4.36. The second kappa shape index (κ2) is 8.16. The molecule has 4 rings (SSSR count). The van der Waals surface area contributed by atoms with E-state index in [4.69, 9.17) is 0 Å². The first kappa shape index (κ1) is 20.5. The number of carbonyl (C=O) groups excluding carboxylic acids is 2. The molecule has 8 heteroatoms. The van der Waals surface area contributed by atoms with Crippen molar-refractivity contribution in [3.8, 4) is 0 Å². The van der Waals surface area contributed by atoms with Gasteiger partial charge in [0.1, 0.15) is 6.04 Å². The fraction of sp³-hybridized carbons (Fsp3) is 0.619. The Morgan fingerprint density at radius 2 is 1.72 bits per heavy atom. The van der Waals surface area contributed by atoms with Gasteiger partial charge in [-0.2, -0.15) is 0 Å². The van der Waals surface area contributed by atoms with Crippen LogP contribution in [0.1, 0.15) is 44.1 Å². The molecule has 3 fully saturated rings. The molecule has 0 N–H and O–H groups in total. The molecule has 0 radical (unpaired) electrons. The fourth-order valence-corrected chi connectivity index (χ4v) is 6.43. The number of rotatable bonds is 4. The number of sulfonamides is 1. The van der Waals surface area contributed by atoms with Gasteiger partial charge in [-0.25, -0.2) is 0 Å². The third-order valence-electron chi connectivity index (χ3n) is 6.44. The molecule has 3 aliphatic heterocycles. The lowest BCUT2D eigenvalue weighted by Crippen LogP contribution is -2.53. The van der Waals surface area contributed by atoms with E-state index in [9.17, 15) is 18.4 Å². The molecule has 0 bridgehead atoms. The van der Waals surface area contributed by atoms with E-state index in [1.54, 1.807) is 29.2 Å². The number of hydrogen-bond acceptors (Lipinski definition) is 4. The Kier molecular flexibility index (Phi) is 5.77. The van der Waals surface area contributed by atoms with Gasteiger partial charge in [0.15, 0.2) is 15.3 Å². The van der Waals surface area contributed by atoms with Crippen LogP contribution in [0.5, 0.6) is 0 Å². The average Bonchev–Trinajstić information content (AvgIpc) is 3.37. The molecular formula is C21H29N3O4S. The third-order valence-corrected chi connectivity index (χ3v) is 8.37. The van der Waals surface area contributed by atoms with E-state index in [0.717, 1.165) is 31.4 Å². The van der Waals surface area contributed by atoms with E-state index in [1.807, 2.05) is 11.8 Å². The Balaban J connectivity index is 1.42. The molecule has 158 valence electrons. The van der Waals surface area contributed by atoms with Crippen molar-refractivity contribution in [1.82, 2.24) is 14.1 Å². The lowest BCUT2D eigenvalue weighted by atomic mass is 10.0. The molecule has 2 unspecified atom stereocenters. The van der Waals surface area contributed by atoms with Crippen molar-refractivity contribution in [3.63, 3.8) is 0 Å². The normalized spacial score (nSPS) is 26.1. The minimum absolute atomic E-state index is 0.0932. The largest absolute Gasteiger partial charge is 0.593 e. The number of hydrogen-bond donors (Lipinski definition) is 0. The first-order valence-corrected chi connectivity index (χ1v) is 12.0. The third kappa shape index (κ3) is 3.98. The summed E-state index contributed by atoms with van der Waals surface area (Å²) in [7, 11) is -3.69. The summed E-state index contributed by atoms with van der Waals surface area (Å²) in [6, 6.07) is 6.39. The highest BCUT2D eigenvalue weighted by molar-refractivity contribution is 7.95. The minimum Gasteiger partial charge on any atom is -0.593 e. The van der Waals surface area contributed by atoms with Crippen LogP contribution in [-0.4, -0.2) is 68.7 Å². The lowest BCUT2D eigenvalue weighted by Gasteiger charge is -2.38. The molecule has 1 aromatic carbocycles. The van der Waals surface area contributed by atoms with Gasteiger partial charge in [-0.15, -0.1) is 4.31 Å². The highest BCUT2D eigenvalue weighted by Gasteiger charge is 2.45. The van der Waals surface area contributed by atoms with E-state index >= 15 is 0 Å². The monoisotopic (exact) mass is 419 g/mol. The molecule has 0 aliphatic carbocycles. The molecule has 2 atom stereocenters. The van der Waals surface area contributed by atoms with Crippen LogP contribution in [0, 0.1) is 6.92 Å². The van der Waals surface area contributed by atoms with E-state index < -0.39 is 16.4 Å². The Morgan fingerprint density at radius 3 is 2.34 bits per heavy atom. The summed E-state index contributed by atoms with van der Waals surface area (Å²) in [5, 5.41) is 0. The van der Waals surface area contributed by atoms with E-state index in [2.05, 4.69) is 0 Å². The smallest absolute Gasteiger partial charge is 0.244 e. The number of aryl methyl sites for hydroxylation is 1. The van der Waals surface area contributed by atoms with Crippen LogP contribution in [0.2, 0.25) is 0 Å². The molecule has 29 heavy (non-hydrogen) atoms. The van der Waals surface area contributed by atoms with Crippen molar-refractivity contribution in [2.45, 2.75) is 62.4 Å². The van der Waals surface area contributed by atoms with Crippen LogP contribution in [0.3, 0.4) is 0 Å². The van der Waals surface area contributed by atoms with Crippen molar-refractivity contribution in [3.05, 3.63) is 29.8 Å². The first-order chi connectivity index (χ1) is 13.9. The topological polar surface area (TPSA) is 84.0 Å². The van der Waals surface area contributed by atoms with Gasteiger partial charge < -0.3 is 14.4 Å². The van der Waals surface area contributed by atoms with Crippen molar-refractivity contribution in [2.24, 2.45) is 0 Å². The van der Waals surface area contributed by atoms with Crippen molar-refractivity contribution >= 4 is 22.2 Å². The first-order valence-electron chi connectivity index (χ1n) is 10.5. The van der Waals surface area contributed by atoms with Crippen LogP contribution < -0.4 is 0 Å². The van der Waals surface area contributed by atoms with E-state index in [1.165, 1.54) is 4.31 Å². The quantitative estimate of drug-likeness (QED) is 0.699. The van der Waals surface area contributed by atoms with Gasteiger partial charge in [0.05, 0.1) is 0 Å². The highest BCUT2D eigenvalue weighted by atomic mass is 32.3. The number of piperidine rings is 1. The fourth-order valence-electron chi connectivity index (χ4n) is 4.78. The SMILES string of the molecule is Cc1ccc([S+](=O)([O-])N2CCCC2C(=O)N2CCC(N3CCCC3=O)CC2)cc1. The second-order valence-corrected chi connectivity index (χ2v) is 10.2. The van der Waals surface area contributed by atoms with Gasteiger partial charge in [0, 0.05) is 38.6 Å². The number of nitrogens with zero attached hydrogens (tertiary/aromatic N) is 3. The van der Waals surface area contributed by atoms with Gasteiger partial charge >= 0.3 is 0 Å². The zero-order chi connectivity index (χ0) is 20.6. The minimum atomic E-state index is -3.69. The van der Waals surface area contributed by atoms with Crippen molar-refractivity contribution < 1.29 is 18.4 Å². The number of likely N-dealkylation sites (tertiary alicyclic amines) is 2. The summed E-state index contributed by atoms with van der Waals surface area (Å²) in [5.74, 6) is 0.130.